The molecule has 1 aromatic rings. The Kier molecular flexibility index (Phi) is 5.02. The Morgan fingerprint density at radius 3 is 2.71 bits per heavy atom. The van der Waals surface area contributed by atoms with E-state index in [1.54, 1.807) is 11.8 Å². The van der Waals surface area contributed by atoms with Crippen molar-refractivity contribution in [2.24, 2.45) is 0 Å². The number of thioether (sulfide) groups is 1. The van der Waals surface area contributed by atoms with Crippen molar-refractivity contribution in [1.82, 2.24) is 19.7 Å². The largest absolute Gasteiger partial charge is 0.481 e. The average molecular weight is 315 g/mol. The van der Waals surface area contributed by atoms with E-state index in [2.05, 4.69) is 10.2 Å². The number of hydrogen-bond donors (Lipinski definition) is 2. The number of nitrogens with zero attached hydrogens (tertiary/aromatic N) is 4. The number of nitrogens with two attached hydrogens (primary N) is 1. The molecular weight excluding hydrogens is 298 g/mol. The summed E-state index contributed by atoms with van der Waals surface area (Å²) in [5.74, 6) is -1.16. The summed E-state index contributed by atoms with van der Waals surface area (Å²) >= 11 is 0.983. The van der Waals surface area contributed by atoms with Gasteiger partial charge in [-0.3, -0.25) is 14.2 Å². The minimum absolute atomic E-state index is 0.0944. The molecule has 1 saturated heterocycles. The summed E-state index contributed by atoms with van der Waals surface area (Å²) in [4.78, 5) is 24.8. The summed E-state index contributed by atoms with van der Waals surface area (Å²) in [7, 11) is 0. The Bertz CT molecular complexity index is 529. The van der Waals surface area contributed by atoms with Gasteiger partial charge in [-0.05, 0) is 6.92 Å². The molecule has 10 heteroatoms. The Morgan fingerprint density at radius 1 is 1.43 bits per heavy atom. The summed E-state index contributed by atoms with van der Waals surface area (Å²) < 4.78 is 6.68. The van der Waals surface area contributed by atoms with Gasteiger partial charge in [0, 0.05) is 13.1 Å². The predicted molar refractivity (Wildman–Crippen MR) is 74.9 cm³/mol. The summed E-state index contributed by atoms with van der Waals surface area (Å²) in [6.45, 7) is 3.78. The number of aromatic nitrogens is 3. The minimum atomic E-state index is -0.972. The maximum atomic E-state index is 12.5. The molecule has 0 saturated carbocycles. The molecule has 1 unspecified atom stereocenters. The van der Waals surface area contributed by atoms with E-state index in [4.69, 9.17) is 15.6 Å². The fourth-order valence-electron chi connectivity index (χ4n) is 2.04. The van der Waals surface area contributed by atoms with Crippen molar-refractivity contribution in [2.75, 3.05) is 37.8 Å². The molecule has 1 amide bonds. The maximum absolute atomic E-state index is 12.5. The fraction of sp³-hybridized carbons (Fsp3) is 0.636. The second kappa shape index (κ2) is 6.76. The lowest BCUT2D eigenvalue weighted by atomic mass is 10.2. The van der Waals surface area contributed by atoms with Crippen molar-refractivity contribution >= 4 is 29.6 Å². The van der Waals surface area contributed by atoms with E-state index in [0.717, 1.165) is 11.8 Å². The Morgan fingerprint density at radius 2 is 2.10 bits per heavy atom. The molecule has 0 spiro atoms. The van der Waals surface area contributed by atoms with Crippen LogP contribution in [-0.4, -0.2) is 68.7 Å². The van der Waals surface area contributed by atoms with Crippen LogP contribution in [-0.2, 0) is 14.3 Å². The number of carboxylic acid groups (broad SMARTS) is 1. The molecule has 1 atom stereocenters. The molecule has 1 aliphatic heterocycles. The third-order valence-electron chi connectivity index (χ3n) is 3.08. The number of morpholine rings is 1. The Labute approximate surface area is 125 Å². The first-order valence-electron chi connectivity index (χ1n) is 6.42. The predicted octanol–water partition coefficient (Wildman–Crippen LogP) is -0.543. The molecule has 0 radical (unpaired) electrons. The topological polar surface area (TPSA) is 124 Å². The molecule has 0 aromatic carbocycles. The van der Waals surface area contributed by atoms with Crippen LogP contribution in [0.4, 0.5) is 5.95 Å². The van der Waals surface area contributed by atoms with Crippen LogP contribution in [0.5, 0.6) is 0 Å². The van der Waals surface area contributed by atoms with E-state index in [0.29, 0.717) is 31.5 Å². The van der Waals surface area contributed by atoms with Crippen molar-refractivity contribution in [3.8, 4) is 0 Å². The Hall–Kier alpha value is -1.81. The number of carbonyl (C=O) groups is 2. The third kappa shape index (κ3) is 3.64. The number of nitrogen functional groups attached to an aromatic ring is 1. The first-order chi connectivity index (χ1) is 10.0. The zero-order valence-electron chi connectivity index (χ0n) is 11.6. The number of aliphatic carboxylic acids is 1. The highest BCUT2D eigenvalue weighted by Gasteiger charge is 2.27. The van der Waals surface area contributed by atoms with Crippen LogP contribution < -0.4 is 5.73 Å². The normalized spacial score (nSPS) is 16.7. The zero-order chi connectivity index (χ0) is 15.4. The molecule has 0 aliphatic carbocycles. The molecular formula is C11H17N5O4S. The maximum Gasteiger partial charge on any atom is 0.313 e. The molecule has 2 rings (SSSR count). The summed E-state index contributed by atoms with van der Waals surface area (Å²) in [5, 5.41) is 16.6. The van der Waals surface area contributed by atoms with Gasteiger partial charge in [0.25, 0.3) is 0 Å². The van der Waals surface area contributed by atoms with Crippen molar-refractivity contribution in [1.29, 1.82) is 0 Å². The van der Waals surface area contributed by atoms with Crippen molar-refractivity contribution in [3.05, 3.63) is 0 Å². The average Bonchev–Trinajstić information content (AvgIpc) is 2.85. The molecule has 3 N–H and O–H groups in total. The standard InChI is InChI=1S/C11H17N5O4S/c1-7(9(19)15-2-4-20-5-3-15)16-10(12)13-14-11(16)21-6-8(17)18/h7H,2-6H2,1H3,(H2,12,13)(H,17,18). The number of carbonyl (C=O) groups excluding carboxylic acids is 1. The summed E-state index contributed by atoms with van der Waals surface area (Å²) in [5.41, 5.74) is 5.75. The lowest BCUT2D eigenvalue weighted by Gasteiger charge is -2.30. The fourth-order valence-corrected chi connectivity index (χ4v) is 2.78. The van der Waals surface area contributed by atoms with Crippen LogP contribution in [0.15, 0.2) is 5.16 Å². The SMILES string of the molecule is CC(C(=O)N1CCOCC1)n1c(N)nnc1SCC(=O)O. The van der Waals surface area contributed by atoms with E-state index in [1.807, 2.05) is 0 Å². The number of ether oxygens (including phenoxy) is 1. The van der Waals surface area contributed by atoms with Crippen molar-refractivity contribution in [3.63, 3.8) is 0 Å². The quantitative estimate of drug-likeness (QED) is 0.694. The van der Waals surface area contributed by atoms with E-state index in [9.17, 15) is 9.59 Å². The van der Waals surface area contributed by atoms with E-state index in [1.165, 1.54) is 4.57 Å². The highest BCUT2D eigenvalue weighted by molar-refractivity contribution is 7.99. The summed E-state index contributed by atoms with van der Waals surface area (Å²) in [6.07, 6.45) is 0. The second-order valence-corrected chi connectivity index (χ2v) is 5.45. The van der Waals surface area contributed by atoms with Gasteiger partial charge in [0.2, 0.25) is 11.9 Å². The first-order valence-corrected chi connectivity index (χ1v) is 7.40. The van der Waals surface area contributed by atoms with E-state index in [-0.39, 0.29) is 17.6 Å². The lowest BCUT2D eigenvalue weighted by molar-refractivity contribution is -0.138. The molecule has 116 valence electrons. The number of carboxylic acids is 1. The third-order valence-corrected chi connectivity index (χ3v) is 4.01. The van der Waals surface area contributed by atoms with Gasteiger partial charge in [0.05, 0.1) is 19.0 Å². The molecule has 9 nitrogen and oxygen atoms in total. The lowest BCUT2D eigenvalue weighted by Crippen LogP contribution is -2.43. The van der Waals surface area contributed by atoms with Gasteiger partial charge in [-0.15, -0.1) is 10.2 Å². The van der Waals surface area contributed by atoms with Gasteiger partial charge in [-0.2, -0.15) is 0 Å². The number of hydrogen-bond acceptors (Lipinski definition) is 7. The van der Waals surface area contributed by atoms with Crippen molar-refractivity contribution < 1.29 is 19.4 Å². The van der Waals surface area contributed by atoms with Gasteiger partial charge < -0.3 is 20.5 Å². The van der Waals surface area contributed by atoms with Crippen LogP contribution in [0.25, 0.3) is 0 Å². The molecule has 21 heavy (non-hydrogen) atoms. The number of anilines is 1. The van der Waals surface area contributed by atoms with Gasteiger partial charge in [-0.25, -0.2) is 0 Å². The monoisotopic (exact) mass is 315 g/mol. The summed E-state index contributed by atoms with van der Waals surface area (Å²) in [6, 6.07) is -0.589. The van der Waals surface area contributed by atoms with Gasteiger partial charge in [0.1, 0.15) is 6.04 Å². The first kappa shape index (κ1) is 15.6. The number of amides is 1. The van der Waals surface area contributed by atoms with E-state index < -0.39 is 12.0 Å². The van der Waals surface area contributed by atoms with Crippen LogP contribution >= 0.6 is 11.8 Å². The van der Waals surface area contributed by atoms with Crippen LogP contribution in [0.1, 0.15) is 13.0 Å². The molecule has 1 aliphatic rings. The second-order valence-electron chi connectivity index (χ2n) is 4.51. The molecule has 2 heterocycles. The minimum Gasteiger partial charge on any atom is -0.481 e. The highest BCUT2D eigenvalue weighted by Crippen LogP contribution is 2.24. The smallest absolute Gasteiger partial charge is 0.313 e. The van der Waals surface area contributed by atoms with Crippen LogP contribution in [0.2, 0.25) is 0 Å². The zero-order valence-corrected chi connectivity index (χ0v) is 12.4. The molecule has 0 bridgehead atoms. The molecule has 1 aromatic heterocycles. The van der Waals surface area contributed by atoms with Gasteiger partial charge >= 0.3 is 5.97 Å². The molecule has 1 fully saturated rings. The van der Waals surface area contributed by atoms with Gasteiger partial charge in [-0.1, -0.05) is 11.8 Å². The van der Waals surface area contributed by atoms with Gasteiger partial charge in [0.15, 0.2) is 5.16 Å². The Balaban J connectivity index is 2.13. The highest BCUT2D eigenvalue weighted by atomic mass is 32.2. The van der Waals surface area contributed by atoms with E-state index >= 15 is 0 Å². The van der Waals surface area contributed by atoms with Crippen molar-refractivity contribution in [2.45, 2.75) is 18.1 Å². The number of rotatable bonds is 5. The van der Waals surface area contributed by atoms with Crippen LogP contribution in [0, 0.1) is 0 Å². The van der Waals surface area contributed by atoms with Crippen LogP contribution in [0.3, 0.4) is 0 Å².